The van der Waals surface area contributed by atoms with Gasteiger partial charge < -0.3 is 9.84 Å². The molecule has 80 valence electrons. The summed E-state index contributed by atoms with van der Waals surface area (Å²) in [5, 5.41) is 8.86. The van der Waals surface area contributed by atoms with Crippen molar-refractivity contribution in [3.63, 3.8) is 0 Å². The van der Waals surface area contributed by atoms with E-state index < -0.39 is 12.1 Å². The predicted octanol–water partition coefficient (Wildman–Crippen LogP) is 2.37. The minimum atomic E-state index is -0.879. The van der Waals surface area contributed by atoms with Crippen molar-refractivity contribution in [2.45, 2.75) is 50.7 Å². The zero-order chi connectivity index (χ0) is 10.4. The topological polar surface area (TPSA) is 46.5 Å². The van der Waals surface area contributed by atoms with Crippen molar-refractivity contribution >= 4 is 5.97 Å². The van der Waals surface area contributed by atoms with Crippen LogP contribution in [0.25, 0.3) is 0 Å². The number of rotatable bonds is 5. The monoisotopic (exact) mass is 198 g/mol. The second-order valence-electron chi connectivity index (χ2n) is 3.75. The quantitative estimate of drug-likeness (QED) is 0.690. The molecule has 0 aromatic rings. The van der Waals surface area contributed by atoms with Gasteiger partial charge in [-0.25, -0.2) is 4.79 Å². The fourth-order valence-corrected chi connectivity index (χ4v) is 1.80. The van der Waals surface area contributed by atoms with Crippen LogP contribution in [0.15, 0.2) is 12.7 Å². The van der Waals surface area contributed by atoms with Crippen LogP contribution in [-0.4, -0.2) is 23.3 Å². The fourth-order valence-electron chi connectivity index (χ4n) is 1.80. The summed E-state index contributed by atoms with van der Waals surface area (Å²) in [7, 11) is 0. The molecule has 14 heavy (non-hydrogen) atoms. The SMILES string of the molecule is C=CCC(OC1CCCCC1)C(=O)O. The molecule has 0 bridgehead atoms. The molecule has 3 heteroatoms. The van der Waals surface area contributed by atoms with Crippen LogP contribution >= 0.6 is 0 Å². The van der Waals surface area contributed by atoms with Gasteiger partial charge in [0.25, 0.3) is 0 Å². The first kappa shape index (κ1) is 11.2. The first-order chi connectivity index (χ1) is 6.74. The second kappa shape index (κ2) is 5.81. The maximum absolute atomic E-state index is 10.8. The van der Waals surface area contributed by atoms with Gasteiger partial charge in [0.05, 0.1) is 6.10 Å². The van der Waals surface area contributed by atoms with Crippen molar-refractivity contribution in [3.8, 4) is 0 Å². The fraction of sp³-hybridized carbons (Fsp3) is 0.727. The molecule has 1 aliphatic carbocycles. The number of hydrogen-bond donors (Lipinski definition) is 1. The van der Waals surface area contributed by atoms with Gasteiger partial charge in [-0.15, -0.1) is 6.58 Å². The molecule has 0 heterocycles. The molecule has 1 unspecified atom stereocenters. The van der Waals surface area contributed by atoms with Crippen LogP contribution in [0.3, 0.4) is 0 Å². The molecule has 0 radical (unpaired) electrons. The van der Waals surface area contributed by atoms with Gasteiger partial charge in [0.2, 0.25) is 0 Å². The third-order valence-corrected chi connectivity index (χ3v) is 2.57. The lowest BCUT2D eigenvalue weighted by molar-refractivity contribution is -0.155. The Hall–Kier alpha value is -0.830. The molecule has 1 N–H and O–H groups in total. The first-order valence-corrected chi connectivity index (χ1v) is 5.23. The van der Waals surface area contributed by atoms with Gasteiger partial charge in [-0.1, -0.05) is 25.3 Å². The van der Waals surface area contributed by atoms with Crippen molar-refractivity contribution in [1.29, 1.82) is 0 Å². The van der Waals surface area contributed by atoms with Crippen LogP contribution in [0.2, 0.25) is 0 Å². The molecular weight excluding hydrogens is 180 g/mol. The lowest BCUT2D eigenvalue weighted by Crippen LogP contribution is -2.30. The van der Waals surface area contributed by atoms with Crippen LogP contribution < -0.4 is 0 Å². The first-order valence-electron chi connectivity index (χ1n) is 5.23. The summed E-state index contributed by atoms with van der Waals surface area (Å²) in [5.41, 5.74) is 0. The van der Waals surface area contributed by atoms with Gasteiger partial charge in [-0.3, -0.25) is 0 Å². The highest BCUT2D eigenvalue weighted by Crippen LogP contribution is 2.22. The Morgan fingerprint density at radius 3 is 2.64 bits per heavy atom. The van der Waals surface area contributed by atoms with E-state index in [9.17, 15) is 4.79 Å². The summed E-state index contributed by atoms with van der Waals surface area (Å²) in [6, 6.07) is 0. The van der Waals surface area contributed by atoms with E-state index in [2.05, 4.69) is 6.58 Å². The minimum Gasteiger partial charge on any atom is -0.479 e. The Kier molecular flexibility index (Phi) is 4.66. The Labute approximate surface area is 84.8 Å². The van der Waals surface area contributed by atoms with Gasteiger partial charge in [0.15, 0.2) is 6.10 Å². The van der Waals surface area contributed by atoms with Crippen LogP contribution in [0.4, 0.5) is 0 Å². The van der Waals surface area contributed by atoms with E-state index in [1.165, 1.54) is 6.42 Å². The normalized spacial score (nSPS) is 20.3. The maximum Gasteiger partial charge on any atom is 0.333 e. The molecule has 1 aliphatic rings. The van der Waals surface area contributed by atoms with Gasteiger partial charge in [0.1, 0.15) is 0 Å². The maximum atomic E-state index is 10.8. The van der Waals surface area contributed by atoms with Gasteiger partial charge in [-0.2, -0.15) is 0 Å². The van der Waals surface area contributed by atoms with Crippen molar-refractivity contribution in [2.75, 3.05) is 0 Å². The van der Waals surface area contributed by atoms with Crippen molar-refractivity contribution in [1.82, 2.24) is 0 Å². The average molecular weight is 198 g/mol. The zero-order valence-electron chi connectivity index (χ0n) is 8.45. The Balaban J connectivity index is 2.36. The molecule has 0 saturated heterocycles. The highest BCUT2D eigenvalue weighted by atomic mass is 16.5. The second-order valence-corrected chi connectivity index (χ2v) is 3.75. The van der Waals surface area contributed by atoms with Crippen LogP contribution in [0.1, 0.15) is 38.5 Å². The average Bonchev–Trinajstić information content (AvgIpc) is 2.18. The van der Waals surface area contributed by atoms with E-state index in [0.29, 0.717) is 6.42 Å². The summed E-state index contributed by atoms with van der Waals surface area (Å²) >= 11 is 0. The van der Waals surface area contributed by atoms with E-state index in [0.717, 1.165) is 25.7 Å². The molecule has 3 nitrogen and oxygen atoms in total. The van der Waals surface area contributed by atoms with Gasteiger partial charge in [0, 0.05) is 6.42 Å². The lowest BCUT2D eigenvalue weighted by Gasteiger charge is -2.25. The van der Waals surface area contributed by atoms with E-state index in [1.807, 2.05) is 0 Å². The molecule has 1 atom stereocenters. The third kappa shape index (κ3) is 3.50. The molecule has 1 rings (SSSR count). The van der Waals surface area contributed by atoms with E-state index in [4.69, 9.17) is 9.84 Å². The van der Waals surface area contributed by atoms with Gasteiger partial charge in [-0.05, 0) is 12.8 Å². The van der Waals surface area contributed by atoms with Crippen LogP contribution in [0.5, 0.6) is 0 Å². The molecule has 0 amide bonds. The highest BCUT2D eigenvalue weighted by molar-refractivity contribution is 5.72. The Morgan fingerprint density at radius 2 is 2.14 bits per heavy atom. The highest BCUT2D eigenvalue weighted by Gasteiger charge is 2.22. The predicted molar refractivity (Wildman–Crippen MR) is 54.2 cm³/mol. The number of aliphatic carboxylic acids is 1. The van der Waals surface area contributed by atoms with Crippen molar-refractivity contribution in [3.05, 3.63) is 12.7 Å². The van der Waals surface area contributed by atoms with E-state index in [-0.39, 0.29) is 6.10 Å². The molecule has 1 saturated carbocycles. The standard InChI is InChI=1S/C11H18O3/c1-2-6-10(11(12)13)14-9-7-4-3-5-8-9/h2,9-10H,1,3-8H2,(H,12,13). The zero-order valence-corrected chi connectivity index (χ0v) is 8.45. The molecule has 1 fully saturated rings. The summed E-state index contributed by atoms with van der Waals surface area (Å²) in [5.74, 6) is -0.879. The summed E-state index contributed by atoms with van der Waals surface area (Å²) in [6.45, 7) is 3.53. The van der Waals surface area contributed by atoms with E-state index >= 15 is 0 Å². The summed E-state index contributed by atoms with van der Waals surface area (Å²) < 4.78 is 5.52. The molecular formula is C11H18O3. The lowest BCUT2D eigenvalue weighted by atomic mass is 9.97. The number of carboxylic acid groups (broad SMARTS) is 1. The number of carboxylic acids is 1. The molecule has 0 aliphatic heterocycles. The Morgan fingerprint density at radius 1 is 1.50 bits per heavy atom. The molecule has 0 aromatic carbocycles. The van der Waals surface area contributed by atoms with Gasteiger partial charge >= 0.3 is 5.97 Å². The number of ether oxygens (including phenoxy) is 1. The number of hydrogen-bond acceptors (Lipinski definition) is 2. The smallest absolute Gasteiger partial charge is 0.333 e. The van der Waals surface area contributed by atoms with E-state index in [1.54, 1.807) is 6.08 Å². The third-order valence-electron chi connectivity index (χ3n) is 2.57. The van der Waals surface area contributed by atoms with Crippen molar-refractivity contribution in [2.24, 2.45) is 0 Å². The molecule has 0 spiro atoms. The molecule has 0 aromatic heterocycles. The Bertz CT molecular complexity index is 195. The summed E-state index contributed by atoms with van der Waals surface area (Å²) in [6.07, 6.45) is 7.00. The van der Waals surface area contributed by atoms with Crippen molar-refractivity contribution < 1.29 is 14.6 Å². The van der Waals surface area contributed by atoms with Crippen LogP contribution in [-0.2, 0) is 9.53 Å². The largest absolute Gasteiger partial charge is 0.479 e. The summed E-state index contributed by atoms with van der Waals surface area (Å²) in [4.78, 5) is 10.8. The number of carbonyl (C=O) groups is 1. The minimum absolute atomic E-state index is 0.143. The van der Waals surface area contributed by atoms with Crippen LogP contribution in [0, 0.1) is 0 Å².